The average Bonchev–Trinajstić information content (AvgIpc) is 2.56. The SMILES string of the molecule is CCCCCCOc1ccccc1CNc1cc(Cl)ccc1C. The van der Waals surface area contributed by atoms with Gasteiger partial charge in [-0.25, -0.2) is 0 Å². The molecule has 2 rings (SSSR count). The van der Waals surface area contributed by atoms with Gasteiger partial charge in [-0.05, 0) is 37.1 Å². The summed E-state index contributed by atoms with van der Waals surface area (Å²) in [7, 11) is 0. The zero-order chi connectivity index (χ0) is 16.5. The average molecular weight is 332 g/mol. The summed E-state index contributed by atoms with van der Waals surface area (Å²) in [6.45, 7) is 5.81. The van der Waals surface area contributed by atoms with Crippen molar-refractivity contribution in [2.45, 2.75) is 46.1 Å². The van der Waals surface area contributed by atoms with Crippen LogP contribution in [0.1, 0.15) is 43.7 Å². The van der Waals surface area contributed by atoms with E-state index in [-0.39, 0.29) is 0 Å². The summed E-state index contributed by atoms with van der Waals surface area (Å²) < 4.78 is 5.96. The van der Waals surface area contributed by atoms with Crippen LogP contribution in [0.5, 0.6) is 5.75 Å². The predicted molar refractivity (Wildman–Crippen MR) is 99.6 cm³/mol. The van der Waals surface area contributed by atoms with Crippen molar-refractivity contribution < 1.29 is 4.74 Å². The van der Waals surface area contributed by atoms with Crippen LogP contribution in [0.15, 0.2) is 42.5 Å². The van der Waals surface area contributed by atoms with Gasteiger partial charge in [0.15, 0.2) is 0 Å². The van der Waals surface area contributed by atoms with Gasteiger partial charge >= 0.3 is 0 Å². The molecule has 0 amide bonds. The predicted octanol–water partition coefficient (Wildman–Crippen LogP) is 6.22. The summed E-state index contributed by atoms with van der Waals surface area (Å²) in [4.78, 5) is 0. The maximum absolute atomic E-state index is 6.08. The van der Waals surface area contributed by atoms with Crippen LogP contribution in [0.2, 0.25) is 5.02 Å². The topological polar surface area (TPSA) is 21.3 Å². The molecule has 0 heterocycles. The molecule has 0 aliphatic heterocycles. The van der Waals surface area contributed by atoms with Gasteiger partial charge in [-0.15, -0.1) is 0 Å². The molecule has 0 atom stereocenters. The van der Waals surface area contributed by atoms with Gasteiger partial charge in [0.25, 0.3) is 0 Å². The summed E-state index contributed by atoms with van der Waals surface area (Å²) in [5.41, 5.74) is 3.42. The zero-order valence-corrected chi connectivity index (χ0v) is 14.8. The Balaban J connectivity index is 1.93. The number of para-hydroxylation sites is 1. The molecule has 0 aromatic heterocycles. The Hall–Kier alpha value is -1.67. The molecule has 2 aromatic carbocycles. The van der Waals surface area contributed by atoms with Crippen LogP contribution in [0.4, 0.5) is 5.69 Å². The number of aryl methyl sites for hydroxylation is 1. The Labute approximate surface area is 144 Å². The lowest BCUT2D eigenvalue weighted by molar-refractivity contribution is 0.302. The van der Waals surface area contributed by atoms with E-state index in [0.29, 0.717) is 0 Å². The molecule has 0 aliphatic rings. The molecule has 0 fully saturated rings. The number of halogens is 1. The van der Waals surface area contributed by atoms with E-state index in [4.69, 9.17) is 16.3 Å². The molecule has 2 nitrogen and oxygen atoms in total. The summed E-state index contributed by atoms with van der Waals surface area (Å²) in [5, 5.41) is 4.21. The molecule has 0 saturated heterocycles. The fourth-order valence-electron chi connectivity index (χ4n) is 2.48. The number of unbranched alkanes of at least 4 members (excludes halogenated alkanes) is 3. The largest absolute Gasteiger partial charge is 0.493 e. The first kappa shape index (κ1) is 17.7. The Morgan fingerprint density at radius 3 is 2.70 bits per heavy atom. The molecule has 23 heavy (non-hydrogen) atoms. The molecule has 0 radical (unpaired) electrons. The van der Waals surface area contributed by atoms with Crippen molar-refractivity contribution >= 4 is 17.3 Å². The van der Waals surface area contributed by atoms with Gasteiger partial charge in [0, 0.05) is 22.8 Å². The van der Waals surface area contributed by atoms with E-state index >= 15 is 0 Å². The number of anilines is 1. The maximum atomic E-state index is 6.08. The van der Waals surface area contributed by atoms with Crippen LogP contribution >= 0.6 is 11.6 Å². The monoisotopic (exact) mass is 331 g/mol. The molecule has 2 aromatic rings. The molecule has 0 unspecified atom stereocenters. The zero-order valence-electron chi connectivity index (χ0n) is 14.1. The number of rotatable bonds is 9. The van der Waals surface area contributed by atoms with E-state index in [1.165, 1.54) is 30.4 Å². The first-order chi connectivity index (χ1) is 11.2. The van der Waals surface area contributed by atoms with E-state index in [0.717, 1.165) is 36.0 Å². The van der Waals surface area contributed by atoms with Gasteiger partial charge < -0.3 is 10.1 Å². The lowest BCUT2D eigenvalue weighted by Gasteiger charge is -2.14. The summed E-state index contributed by atoms with van der Waals surface area (Å²) in [6, 6.07) is 14.1. The fourth-order valence-corrected chi connectivity index (χ4v) is 2.65. The third-order valence-corrected chi connectivity index (χ3v) is 4.13. The van der Waals surface area contributed by atoms with Crippen molar-refractivity contribution in [2.75, 3.05) is 11.9 Å². The molecule has 1 N–H and O–H groups in total. The van der Waals surface area contributed by atoms with Crippen molar-refractivity contribution in [2.24, 2.45) is 0 Å². The molecule has 3 heteroatoms. The van der Waals surface area contributed by atoms with Gasteiger partial charge in [-0.2, -0.15) is 0 Å². The Bertz CT molecular complexity index is 612. The molecule has 0 spiro atoms. The van der Waals surface area contributed by atoms with Gasteiger partial charge in [-0.3, -0.25) is 0 Å². The summed E-state index contributed by atoms with van der Waals surface area (Å²) >= 11 is 6.08. The standard InChI is InChI=1S/C20H26ClNO/c1-3-4-5-8-13-23-20-10-7-6-9-17(20)15-22-19-14-18(21)12-11-16(19)2/h6-7,9-12,14,22H,3-5,8,13,15H2,1-2H3. The first-order valence-electron chi connectivity index (χ1n) is 8.41. The second-order valence-electron chi connectivity index (χ2n) is 5.83. The van der Waals surface area contributed by atoms with Crippen molar-refractivity contribution in [1.29, 1.82) is 0 Å². The minimum absolute atomic E-state index is 0.728. The van der Waals surface area contributed by atoms with Gasteiger partial charge in [0.1, 0.15) is 5.75 Å². The summed E-state index contributed by atoms with van der Waals surface area (Å²) in [5.74, 6) is 0.969. The van der Waals surface area contributed by atoms with Crippen molar-refractivity contribution in [3.05, 3.63) is 58.6 Å². The Morgan fingerprint density at radius 1 is 1.04 bits per heavy atom. The molecule has 0 bridgehead atoms. The molecule has 0 saturated carbocycles. The number of hydrogen-bond acceptors (Lipinski definition) is 2. The fraction of sp³-hybridized carbons (Fsp3) is 0.400. The van der Waals surface area contributed by atoms with E-state index in [1.807, 2.05) is 36.4 Å². The highest BCUT2D eigenvalue weighted by Gasteiger charge is 2.05. The van der Waals surface area contributed by atoms with E-state index in [9.17, 15) is 0 Å². The molecule has 124 valence electrons. The number of ether oxygens (including phenoxy) is 1. The van der Waals surface area contributed by atoms with E-state index in [1.54, 1.807) is 0 Å². The van der Waals surface area contributed by atoms with Crippen molar-refractivity contribution in [3.8, 4) is 5.75 Å². The highest BCUT2D eigenvalue weighted by molar-refractivity contribution is 6.30. The number of benzene rings is 2. The lowest BCUT2D eigenvalue weighted by atomic mass is 10.1. The number of nitrogens with one attached hydrogen (secondary N) is 1. The van der Waals surface area contributed by atoms with Crippen LogP contribution in [-0.4, -0.2) is 6.61 Å². The quantitative estimate of drug-likeness (QED) is 0.551. The second-order valence-corrected chi connectivity index (χ2v) is 6.27. The lowest BCUT2D eigenvalue weighted by Crippen LogP contribution is -2.05. The third-order valence-electron chi connectivity index (χ3n) is 3.90. The van der Waals surface area contributed by atoms with Crippen molar-refractivity contribution in [3.63, 3.8) is 0 Å². The molecule has 0 aliphatic carbocycles. The molecular formula is C20H26ClNO. The maximum Gasteiger partial charge on any atom is 0.124 e. The smallest absolute Gasteiger partial charge is 0.124 e. The Kier molecular flexibility index (Phi) is 7.28. The van der Waals surface area contributed by atoms with Crippen LogP contribution in [0, 0.1) is 6.92 Å². The first-order valence-corrected chi connectivity index (χ1v) is 8.79. The van der Waals surface area contributed by atoms with E-state index < -0.39 is 0 Å². The Morgan fingerprint density at radius 2 is 1.87 bits per heavy atom. The van der Waals surface area contributed by atoms with Crippen molar-refractivity contribution in [1.82, 2.24) is 0 Å². The normalized spacial score (nSPS) is 10.6. The van der Waals surface area contributed by atoms with Crippen LogP contribution in [0.25, 0.3) is 0 Å². The minimum Gasteiger partial charge on any atom is -0.493 e. The highest BCUT2D eigenvalue weighted by Crippen LogP contribution is 2.23. The summed E-state index contributed by atoms with van der Waals surface area (Å²) in [6.07, 6.45) is 4.88. The molecular weight excluding hydrogens is 306 g/mol. The van der Waals surface area contributed by atoms with Gasteiger partial charge in [0.05, 0.1) is 6.61 Å². The second kappa shape index (κ2) is 9.46. The van der Waals surface area contributed by atoms with Crippen LogP contribution in [0.3, 0.4) is 0 Å². The minimum atomic E-state index is 0.728. The van der Waals surface area contributed by atoms with Crippen LogP contribution < -0.4 is 10.1 Å². The van der Waals surface area contributed by atoms with Crippen LogP contribution in [-0.2, 0) is 6.54 Å². The number of hydrogen-bond donors (Lipinski definition) is 1. The highest BCUT2D eigenvalue weighted by atomic mass is 35.5. The van der Waals surface area contributed by atoms with Gasteiger partial charge in [0.2, 0.25) is 0 Å². The van der Waals surface area contributed by atoms with Gasteiger partial charge in [-0.1, -0.05) is 62.1 Å². The van der Waals surface area contributed by atoms with E-state index in [2.05, 4.69) is 25.2 Å². The third kappa shape index (κ3) is 5.80.